The number of rotatable bonds is 6. The Bertz CT molecular complexity index is 377. The second-order valence-electron chi connectivity index (χ2n) is 5.10. The largest absolute Gasteiger partial charge is 0.298 e. The molecule has 2 rings (SSSR count). The van der Waals surface area contributed by atoms with E-state index in [0.29, 0.717) is 18.0 Å². The van der Waals surface area contributed by atoms with Crippen LogP contribution in [0.3, 0.4) is 0 Å². The molecule has 1 aliphatic rings. The van der Waals surface area contributed by atoms with Crippen molar-refractivity contribution in [3.05, 3.63) is 35.4 Å². The van der Waals surface area contributed by atoms with E-state index in [4.69, 9.17) is 0 Å². The Balaban J connectivity index is 1.75. The molecule has 0 atom stereocenters. The van der Waals surface area contributed by atoms with E-state index in [1.807, 2.05) is 11.8 Å². The molecule has 0 spiro atoms. The molecule has 0 N–H and O–H groups in total. The number of hydrogen-bond donors (Lipinski definition) is 0. The summed E-state index contributed by atoms with van der Waals surface area (Å²) in [5.74, 6) is 1.07. The van der Waals surface area contributed by atoms with E-state index in [1.54, 1.807) is 0 Å². The molecular weight excluding hydrogens is 240 g/mol. The molecule has 1 nitrogen and oxygen atoms in total. The van der Waals surface area contributed by atoms with Crippen molar-refractivity contribution >= 4 is 17.5 Å². The lowest BCUT2D eigenvalue weighted by atomic mass is 10.1. The number of ketones is 1. The molecule has 0 aromatic heterocycles. The molecule has 0 saturated heterocycles. The average Bonchev–Trinajstić information content (AvgIpc) is 2.90. The lowest BCUT2D eigenvalue weighted by Gasteiger charge is -2.08. The van der Waals surface area contributed by atoms with Crippen LogP contribution in [0.1, 0.15) is 43.7 Å². The average molecular weight is 262 g/mol. The number of aryl methyl sites for hydroxylation is 1. The van der Waals surface area contributed by atoms with Crippen molar-refractivity contribution in [3.63, 3.8) is 0 Å². The molecule has 98 valence electrons. The third-order valence-corrected chi connectivity index (χ3v) is 5.05. The van der Waals surface area contributed by atoms with Crippen LogP contribution in [0.25, 0.3) is 0 Å². The van der Waals surface area contributed by atoms with E-state index in [2.05, 4.69) is 31.2 Å². The number of Topliss-reactive ketones (excluding diaryl/α,β-unsaturated/α-hetero) is 1. The van der Waals surface area contributed by atoms with Gasteiger partial charge in [-0.1, -0.05) is 44.0 Å². The van der Waals surface area contributed by atoms with E-state index >= 15 is 0 Å². The predicted octanol–water partition coefficient (Wildman–Crippen LogP) is 4.04. The highest BCUT2D eigenvalue weighted by atomic mass is 32.2. The second kappa shape index (κ2) is 6.98. The van der Waals surface area contributed by atoms with Crippen LogP contribution >= 0.6 is 11.8 Å². The summed E-state index contributed by atoms with van der Waals surface area (Å²) in [6.07, 6.45) is 6.98. The SMILES string of the molecule is CCc1ccc(CC(=O)CSC2CCCC2)cc1. The molecular formula is C16H22OS. The molecule has 1 aromatic rings. The van der Waals surface area contributed by atoms with E-state index in [0.717, 1.165) is 17.2 Å². The molecule has 2 heteroatoms. The monoisotopic (exact) mass is 262 g/mol. The normalized spacial score (nSPS) is 16.1. The van der Waals surface area contributed by atoms with Crippen LogP contribution in [-0.4, -0.2) is 16.8 Å². The van der Waals surface area contributed by atoms with E-state index in [1.165, 1.54) is 31.2 Å². The van der Waals surface area contributed by atoms with Gasteiger partial charge in [0.15, 0.2) is 0 Å². The first-order valence-electron chi connectivity index (χ1n) is 6.99. The number of carbonyl (C=O) groups excluding carboxylic acids is 1. The Hall–Kier alpha value is -0.760. The summed E-state index contributed by atoms with van der Waals surface area (Å²) in [7, 11) is 0. The number of thioether (sulfide) groups is 1. The van der Waals surface area contributed by atoms with Crippen LogP contribution in [0.15, 0.2) is 24.3 Å². The van der Waals surface area contributed by atoms with Crippen LogP contribution in [0.2, 0.25) is 0 Å². The van der Waals surface area contributed by atoms with E-state index in [9.17, 15) is 4.79 Å². The molecule has 0 unspecified atom stereocenters. The third kappa shape index (κ3) is 4.16. The topological polar surface area (TPSA) is 17.1 Å². The Morgan fingerprint density at radius 2 is 1.78 bits per heavy atom. The third-order valence-electron chi connectivity index (χ3n) is 3.61. The summed E-state index contributed by atoms with van der Waals surface area (Å²) >= 11 is 1.87. The molecule has 0 bridgehead atoms. The van der Waals surface area contributed by atoms with E-state index in [-0.39, 0.29) is 0 Å². The van der Waals surface area contributed by atoms with Crippen LogP contribution in [-0.2, 0) is 17.6 Å². The van der Waals surface area contributed by atoms with Gasteiger partial charge in [0.25, 0.3) is 0 Å². The fourth-order valence-electron chi connectivity index (χ4n) is 2.44. The maximum atomic E-state index is 11.9. The van der Waals surface area contributed by atoms with Crippen LogP contribution in [0, 0.1) is 0 Å². The zero-order chi connectivity index (χ0) is 12.8. The summed E-state index contributed by atoms with van der Waals surface area (Å²) in [6.45, 7) is 2.15. The van der Waals surface area contributed by atoms with Gasteiger partial charge in [-0.25, -0.2) is 0 Å². The van der Waals surface area contributed by atoms with Crippen molar-refractivity contribution in [2.45, 2.75) is 50.7 Å². The summed E-state index contributed by atoms with van der Waals surface area (Å²) in [6, 6.07) is 8.45. The first kappa shape index (κ1) is 13.7. The zero-order valence-corrected chi connectivity index (χ0v) is 12.0. The summed E-state index contributed by atoms with van der Waals surface area (Å²) in [5.41, 5.74) is 2.50. The smallest absolute Gasteiger partial charge is 0.147 e. The first-order chi connectivity index (χ1) is 8.78. The van der Waals surface area contributed by atoms with Crippen LogP contribution in [0.4, 0.5) is 0 Å². The fourth-order valence-corrected chi connectivity index (χ4v) is 3.63. The van der Waals surface area contributed by atoms with Crippen LogP contribution < -0.4 is 0 Å². The molecule has 1 aliphatic carbocycles. The Labute approximate surface area is 114 Å². The zero-order valence-electron chi connectivity index (χ0n) is 11.2. The quantitative estimate of drug-likeness (QED) is 0.769. The number of benzene rings is 1. The van der Waals surface area contributed by atoms with Crippen molar-refractivity contribution in [2.24, 2.45) is 0 Å². The molecule has 0 heterocycles. The Morgan fingerprint density at radius 3 is 2.39 bits per heavy atom. The highest BCUT2D eigenvalue weighted by Crippen LogP contribution is 2.29. The van der Waals surface area contributed by atoms with E-state index < -0.39 is 0 Å². The van der Waals surface area contributed by atoms with Gasteiger partial charge < -0.3 is 0 Å². The number of hydrogen-bond acceptors (Lipinski definition) is 2. The highest BCUT2D eigenvalue weighted by Gasteiger charge is 2.16. The van der Waals surface area contributed by atoms with Crippen molar-refractivity contribution in [3.8, 4) is 0 Å². The maximum Gasteiger partial charge on any atom is 0.147 e. The van der Waals surface area contributed by atoms with Crippen LogP contribution in [0.5, 0.6) is 0 Å². The minimum atomic E-state index is 0.371. The standard InChI is InChI=1S/C16H22OS/c1-2-13-7-9-14(10-8-13)11-15(17)12-18-16-5-3-4-6-16/h7-10,16H,2-6,11-12H2,1H3. The molecule has 1 saturated carbocycles. The molecule has 0 amide bonds. The van der Waals surface area contributed by atoms with Gasteiger partial charge in [-0.2, -0.15) is 11.8 Å². The van der Waals surface area contributed by atoms with Gasteiger partial charge in [0.1, 0.15) is 5.78 Å². The maximum absolute atomic E-state index is 11.9. The van der Waals surface area contributed by atoms with Crippen molar-refractivity contribution < 1.29 is 4.79 Å². The minimum Gasteiger partial charge on any atom is -0.298 e. The molecule has 0 radical (unpaired) electrons. The van der Waals surface area contributed by atoms with Gasteiger partial charge in [0.2, 0.25) is 0 Å². The lowest BCUT2D eigenvalue weighted by Crippen LogP contribution is -2.08. The fraction of sp³-hybridized carbons (Fsp3) is 0.562. The van der Waals surface area contributed by atoms with Crippen molar-refractivity contribution in [1.29, 1.82) is 0 Å². The van der Waals surface area contributed by atoms with Crippen molar-refractivity contribution in [1.82, 2.24) is 0 Å². The van der Waals surface area contributed by atoms with Gasteiger partial charge in [0, 0.05) is 11.7 Å². The first-order valence-corrected chi connectivity index (χ1v) is 8.04. The van der Waals surface area contributed by atoms with Gasteiger partial charge in [-0.15, -0.1) is 0 Å². The van der Waals surface area contributed by atoms with Gasteiger partial charge in [-0.3, -0.25) is 4.79 Å². The van der Waals surface area contributed by atoms with Gasteiger partial charge >= 0.3 is 0 Å². The highest BCUT2D eigenvalue weighted by molar-refractivity contribution is 8.00. The van der Waals surface area contributed by atoms with Gasteiger partial charge in [-0.05, 0) is 30.4 Å². The molecule has 18 heavy (non-hydrogen) atoms. The summed E-state index contributed by atoms with van der Waals surface area (Å²) < 4.78 is 0. The minimum absolute atomic E-state index is 0.371. The lowest BCUT2D eigenvalue weighted by molar-refractivity contribution is -0.116. The Morgan fingerprint density at radius 1 is 1.17 bits per heavy atom. The predicted molar refractivity (Wildman–Crippen MR) is 79.2 cm³/mol. The van der Waals surface area contributed by atoms with Gasteiger partial charge in [0.05, 0.1) is 5.75 Å². The summed E-state index contributed by atoms with van der Waals surface area (Å²) in [4.78, 5) is 11.9. The summed E-state index contributed by atoms with van der Waals surface area (Å²) in [5, 5.41) is 0.747. The Kier molecular flexibility index (Phi) is 5.30. The molecule has 1 fully saturated rings. The van der Waals surface area contributed by atoms with Crippen molar-refractivity contribution in [2.75, 3.05) is 5.75 Å². The molecule has 1 aromatic carbocycles. The number of carbonyl (C=O) groups is 1. The second-order valence-corrected chi connectivity index (χ2v) is 6.39. The molecule has 0 aliphatic heterocycles.